The van der Waals surface area contributed by atoms with Crippen LogP contribution in [0.15, 0.2) is 72.8 Å². The zero-order valence-corrected chi connectivity index (χ0v) is 18.0. The molecule has 1 fully saturated rings. The second-order valence-electron chi connectivity index (χ2n) is 7.20. The zero-order chi connectivity index (χ0) is 21.1. The van der Waals surface area contributed by atoms with Gasteiger partial charge in [0.15, 0.2) is 11.9 Å². The van der Waals surface area contributed by atoms with Crippen LogP contribution in [-0.4, -0.2) is 12.9 Å². The normalized spacial score (nSPS) is 23.3. The lowest BCUT2D eigenvalue weighted by Crippen LogP contribution is -2.48. The molecule has 4 rings (SSSR count). The Morgan fingerprint density at radius 3 is 1.83 bits per heavy atom. The highest BCUT2D eigenvalue weighted by molar-refractivity contribution is 6.30. The number of benzene rings is 3. The Morgan fingerprint density at radius 1 is 0.867 bits per heavy atom. The first kappa shape index (κ1) is 20.9. The number of halogens is 2. The van der Waals surface area contributed by atoms with Gasteiger partial charge < -0.3 is 4.74 Å². The molecule has 1 saturated heterocycles. The van der Waals surface area contributed by atoms with Crippen molar-refractivity contribution in [2.24, 2.45) is 0 Å². The third-order valence-corrected chi connectivity index (χ3v) is 5.85. The number of aldehydes is 1. The molecule has 3 aromatic rings. The van der Waals surface area contributed by atoms with E-state index in [1.54, 1.807) is 0 Å². The average Bonchev–Trinajstić information content (AvgIpc) is 3.16. The molecule has 0 spiro atoms. The van der Waals surface area contributed by atoms with Crippen molar-refractivity contribution >= 4 is 29.5 Å². The zero-order valence-electron chi connectivity index (χ0n) is 16.4. The Balaban J connectivity index is 1.81. The molecule has 6 heteroatoms. The third-order valence-electron chi connectivity index (χ3n) is 5.35. The first-order valence-electron chi connectivity index (χ1n) is 9.81. The first-order chi connectivity index (χ1) is 14.6. The molecule has 2 N–H and O–H groups in total. The molecule has 1 heterocycles. The quantitative estimate of drug-likeness (QED) is 0.502. The van der Waals surface area contributed by atoms with Crippen LogP contribution >= 0.6 is 23.2 Å². The van der Waals surface area contributed by atoms with E-state index in [1.165, 1.54) is 0 Å². The third kappa shape index (κ3) is 3.96. The Labute approximate surface area is 186 Å². The second-order valence-corrected chi connectivity index (χ2v) is 8.08. The predicted octanol–water partition coefficient (Wildman–Crippen LogP) is 5.42. The van der Waals surface area contributed by atoms with Gasteiger partial charge in [0.2, 0.25) is 0 Å². The molecule has 2 atom stereocenters. The number of nitrogens with one attached hydrogen (secondary N) is 2. The maximum atomic E-state index is 12.5. The number of hydrogen-bond acceptors (Lipinski definition) is 4. The van der Waals surface area contributed by atoms with Crippen LogP contribution in [0, 0.1) is 0 Å². The van der Waals surface area contributed by atoms with E-state index in [0.717, 1.165) is 23.0 Å². The number of ether oxygens (including phenoxy) is 1. The lowest BCUT2D eigenvalue weighted by molar-refractivity contribution is -0.114. The standard InChI is InChI=1S/C24H22Cl2N2O2/c1-2-30-21-6-4-3-5-20(21)24(15-29)27-22(16-7-11-18(25)12-8-16)23(28-24)17-9-13-19(26)14-10-17/h3-15,22-23,27-28H,2H2,1H3. The van der Waals surface area contributed by atoms with Crippen molar-refractivity contribution in [3.8, 4) is 5.75 Å². The summed E-state index contributed by atoms with van der Waals surface area (Å²) in [4.78, 5) is 12.5. The fraction of sp³-hybridized carbons (Fsp3) is 0.208. The van der Waals surface area contributed by atoms with Gasteiger partial charge >= 0.3 is 0 Å². The Kier molecular flexibility index (Phi) is 6.11. The fourth-order valence-corrected chi connectivity index (χ4v) is 4.20. The first-order valence-corrected chi connectivity index (χ1v) is 10.6. The second kappa shape index (κ2) is 8.78. The highest BCUT2D eigenvalue weighted by Crippen LogP contribution is 2.42. The molecular weight excluding hydrogens is 419 g/mol. The molecule has 154 valence electrons. The van der Waals surface area contributed by atoms with Crippen molar-refractivity contribution in [3.63, 3.8) is 0 Å². The topological polar surface area (TPSA) is 50.4 Å². The number of para-hydroxylation sites is 1. The van der Waals surface area contributed by atoms with E-state index in [9.17, 15) is 4.79 Å². The van der Waals surface area contributed by atoms with E-state index in [0.29, 0.717) is 22.4 Å². The van der Waals surface area contributed by atoms with Crippen LogP contribution < -0.4 is 15.4 Å². The summed E-state index contributed by atoms with van der Waals surface area (Å²) in [5.74, 6) is 0.665. The molecule has 0 amide bonds. The summed E-state index contributed by atoms with van der Waals surface area (Å²) in [5.41, 5.74) is 1.67. The van der Waals surface area contributed by atoms with Crippen molar-refractivity contribution in [1.29, 1.82) is 0 Å². The SMILES string of the molecule is CCOc1ccccc1C1(C=O)NC(c2ccc(Cl)cc2)C(c2ccc(Cl)cc2)N1. The minimum Gasteiger partial charge on any atom is -0.493 e. The number of rotatable bonds is 6. The smallest absolute Gasteiger partial charge is 0.159 e. The molecular formula is C24H22Cl2N2O2. The van der Waals surface area contributed by atoms with Gasteiger partial charge in [0.05, 0.1) is 18.7 Å². The highest BCUT2D eigenvalue weighted by atomic mass is 35.5. The molecule has 0 aromatic heterocycles. The molecule has 4 nitrogen and oxygen atoms in total. The van der Waals surface area contributed by atoms with Crippen molar-refractivity contribution in [2.75, 3.05) is 6.61 Å². The van der Waals surface area contributed by atoms with Crippen LogP contribution in [0.1, 0.15) is 35.7 Å². The van der Waals surface area contributed by atoms with E-state index in [2.05, 4.69) is 10.6 Å². The Hall–Kier alpha value is -2.37. The Bertz CT molecular complexity index is 969. The van der Waals surface area contributed by atoms with Gasteiger partial charge in [-0.15, -0.1) is 0 Å². The largest absolute Gasteiger partial charge is 0.493 e. The minimum absolute atomic E-state index is 0.177. The van der Waals surface area contributed by atoms with Crippen LogP contribution in [0.5, 0.6) is 5.75 Å². The molecule has 2 unspecified atom stereocenters. The predicted molar refractivity (Wildman–Crippen MR) is 120 cm³/mol. The van der Waals surface area contributed by atoms with Gasteiger partial charge in [-0.3, -0.25) is 15.4 Å². The van der Waals surface area contributed by atoms with E-state index in [1.807, 2.05) is 79.7 Å². The van der Waals surface area contributed by atoms with Crippen molar-refractivity contribution in [1.82, 2.24) is 10.6 Å². The van der Waals surface area contributed by atoms with Crippen molar-refractivity contribution in [2.45, 2.75) is 24.7 Å². The summed E-state index contributed by atoms with van der Waals surface area (Å²) in [7, 11) is 0. The van der Waals surface area contributed by atoms with Gasteiger partial charge in [0.25, 0.3) is 0 Å². The van der Waals surface area contributed by atoms with Gasteiger partial charge in [-0.25, -0.2) is 0 Å². The summed E-state index contributed by atoms with van der Waals surface area (Å²) in [5, 5.41) is 8.39. The molecule has 3 aromatic carbocycles. The van der Waals surface area contributed by atoms with Crippen molar-refractivity contribution in [3.05, 3.63) is 99.5 Å². The minimum atomic E-state index is -1.11. The van der Waals surface area contributed by atoms with E-state index in [-0.39, 0.29) is 12.1 Å². The molecule has 1 aliphatic rings. The maximum Gasteiger partial charge on any atom is 0.159 e. The number of carbonyl (C=O) groups excluding carboxylic acids is 1. The van der Waals surface area contributed by atoms with E-state index < -0.39 is 5.66 Å². The number of hydrogen-bond donors (Lipinski definition) is 2. The van der Waals surface area contributed by atoms with Gasteiger partial charge in [0, 0.05) is 15.6 Å². The summed E-state index contributed by atoms with van der Waals surface area (Å²) >= 11 is 12.2. The average molecular weight is 441 g/mol. The Morgan fingerprint density at radius 2 is 1.37 bits per heavy atom. The highest BCUT2D eigenvalue weighted by Gasteiger charge is 2.47. The molecule has 0 radical (unpaired) electrons. The van der Waals surface area contributed by atoms with Crippen LogP contribution in [0.4, 0.5) is 0 Å². The molecule has 0 aliphatic carbocycles. The lowest BCUT2D eigenvalue weighted by atomic mass is 9.95. The van der Waals surface area contributed by atoms with Crippen LogP contribution in [-0.2, 0) is 10.5 Å². The number of carbonyl (C=O) groups is 1. The summed E-state index contributed by atoms with van der Waals surface area (Å²) in [6.07, 6.45) is 0.906. The van der Waals surface area contributed by atoms with Crippen molar-refractivity contribution < 1.29 is 9.53 Å². The fourth-order valence-electron chi connectivity index (χ4n) is 3.95. The maximum absolute atomic E-state index is 12.5. The monoisotopic (exact) mass is 440 g/mol. The van der Waals surface area contributed by atoms with E-state index >= 15 is 0 Å². The van der Waals surface area contributed by atoms with Gasteiger partial charge in [-0.05, 0) is 48.4 Å². The molecule has 0 bridgehead atoms. The van der Waals surface area contributed by atoms with Gasteiger partial charge in [-0.2, -0.15) is 0 Å². The lowest BCUT2D eigenvalue weighted by Gasteiger charge is -2.27. The van der Waals surface area contributed by atoms with Gasteiger partial charge in [-0.1, -0.05) is 65.7 Å². The van der Waals surface area contributed by atoms with Crippen LogP contribution in [0.3, 0.4) is 0 Å². The molecule has 30 heavy (non-hydrogen) atoms. The van der Waals surface area contributed by atoms with Crippen LogP contribution in [0.25, 0.3) is 0 Å². The van der Waals surface area contributed by atoms with Gasteiger partial charge in [0.1, 0.15) is 5.75 Å². The summed E-state index contributed by atoms with van der Waals surface area (Å²) < 4.78 is 5.82. The summed E-state index contributed by atoms with van der Waals surface area (Å²) in [6.45, 7) is 2.43. The molecule has 0 saturated carbocycles. The van der Waals surface area contributed by atoms with Crippen LogP contribution in [0.2, 0.25) is 10.0 Å². The molecule has 1 aliphatic heterocycles. The van der Waals surface area contributed by atoms with E-state index in [4.69, 9.17) is 27.9 Å². The summed E-state index contributed by atoms with van der Waals surface area (Å²) in [6, 6.07) is 22.5.